The zero-order valence-corrected chi connectivity index (χ0v) is 37.0. The van der Waals surface area contributed by atoms with Crippen molar-refractivity contribution in [3.05, 3.63) is 86.2 Å². The zero-order chi connectivity index (χ0) is 35.3. The summed E-state index contributed by atoms with van der Waals surface area (Å²) in [6.45, 7) is 8.87. The topological polar surface area (TPSA) is 37.6 Å². The van der Waals surface area contributed by atoms with Crippen molar-refractivity contribution in [2.24, 2.45) is 9.98 Å². The molecule has 3 aromatic rings. The van der Waals surface area contributed by atoms with Gasteiger partial charge in [0.25, 0.3) is 0 Å². The number of rotatable bonds is 8. The fraction of sp³-hybridized carbons (Fsp3) is 0.596. The van der Waals surface area contributed by atoms with Crippen molar-refractivity contribution in [1.82, 2.24) is 4.98 Å². The molecule has 1 heterocycles. The van der Waals surface area contributed by atoms with Crippen LogP contribution in [0.3, 0.4) is 0 Å². The number of aryl methyl sites for hydroxylation is 2. The van der Waals surface area contributed by atoms with Crippen LogP contribution in [-0.4, -0.2) is 16.4 Å². The van der Waals surface area contributed by atoms with Gasteiger partial charge in [0, 0.05) is 5.02 Å². The average molecular weight is 826 g/mol. The van der Waals surface area contributed by atoms with E-state index in [0.717, 1.165) is 22.8 Å². The van der Waals surface area contributed by atoms with Gasteiger partial charge in [-0.25, -0.2) is 4.98 Å². The van der Waals surface area contributed by atoms with Gasteiger partial charge in [0.15, 0.2) is 0 Å². The summed E-state index contributed by atoms with van der Waals surface area (Å²) in [6.07, 6.45) is 26.2. The van der Waals surface area contributed by atoms with Gasteiger partial charge in [-0.3, -0.25) is 9.98 Å². The smallest absolute Gasteiger partial charge is 1.00 e. The molecule has 0 amide bonds. The summed E-state index contributed by atoms with van der Waals surface area (Å²) in [7, 11) is 0. The Morgan fingerprint density at radius 2 is 0.741 bits per heavy atom. The van der Waals surface area contributed by atoms with Crippen LogP contribution in [0.25, 0.3) is 0 Å². The van der Waals surface area contributed by atoms with E-state index in [1.165, 1.54) is 173 Å². The van der Waals surface area contributed by atoms with Gasteiger partial charge >= 0.3 is 18.6 Å². The molecule has 0 N–H and O–H groups in total. The van der Waals surface area contributed by atoms with Crippen molar-refractivity contribution < 1.29 is 43.4 Å². The number of hydrogen-bond acceptors (Lipinski definition) is 3. The third-order valence-electron chi connectivity index (χ3n) is 12.9. The van der Waals surface area contributed by atoms with Crippen LogP contribution in [0.5, 0.6) is 0 Å². The van der Waals surface area contributed by atoms with Gasteiger partial charge in [0.2, 0.25) is 0 Å². The first-order valence-electron chi connectivity index (χ1n) is 20.9. The normalized spacial score (nSPS) is 19.8. The molecule has 7 rings (SSSR count). The number of aromatic nitrogens is 1. The Kier molecular flexibility index (Phi) is 17.7. The van der Waals surface area contributed by atoms with Gasteiger partial charge < -0.3 is 24.8 Å². The molecule has 0 spiro atoms. The first-order chi connectivity index (χ1) is 24.8. The van der Waals surface area contributed by atoms with Gasteiger partial charge in [0.1, 0.15) is 0 Å². The summed E-state index contributed by atoms with van der Waals surface area (Å²) in [6, 6.07) is 13.8. The summed E-state index contributed by atoms with van der Waals surface area (Å²) in [5.41, 5.74) is 14.8. The molecule has 4 aliphatic carbocycles. The van der Waals surface area contributed by atoms with Gasteiger partial charge in [-0.15, -0.1) is 0 Å². The monoisotopic (exact) mass is 824 g/mol. The molecule has 54 heavy (non-hydrogen) atoms. The standard InChI is InChI=1S/C47H62ClN3.2ClH.V/c1-31-25-40(35-17-9-5-10-18-35)46(41(26-31)36-19-11-6-12-20-36)49-33(3)44-29-39(48)30-45(51-44)34(4)50-47-42(37-21-13-7-14-22-37)27-32(2)28-43(47)38-23-15-8-16-24-38;;;/h25-30,35-38H,5-24H2,1-4H3;2*1H;/q;;;+2/p-2. The van der Waals surface area contributed by atoms with Gasteiger partial charge in [0.05, 0.1) is 34.2 Å². The summed E-state index contributed by atoms with van der Waals surface area (Å²) in [5, 5.41) is 0.701. The summed E-state index contributed by atoms with van der Waals surface area (Å²) >= 11 is 6.95. The van der Waals surface area contributed by atoms with Crippen molar-refractivity contribution in [3.8, 4) is 0 Å². The minimum Gasteiger partial charge on any atom is -1.00 e. The molecule has 4 fully saturated rings. The Balaban J connectivity index is 0.00000217. The molecule has 4 saturated carbocycles. The number of aliphatic imine (C=N–C) groups is 2. The molecule has 7 heteroatoms. The van der Waals surface area contributed by atoms with Gasteiger partial charge in [-0.05, 0) is 137 Å². The SMILES string of the molecule is CC(=Nc1c(C2CCCCC2)cc(C)cc1C1CCCCC1)c1cc(Cl)cc(C(C)=Nc2c(C3CCCCC3)cc(C)cc2C2CCCCC2)n1.[Cl-].[Cl-].[V+2]. The van der Waals surface area contributed by atoms with E-state index in [1.54, 1.807) is 0 Å². The molecule has 0 saturated heterocycles. The number of pyridine rings is 1. The maximum absolute atomic E-state index is 6.95. The largest absolute Gasteiger partial charge is 2.00 e. The van der Waals surface area contributed by atoms with Crippen molar-refractivity contribution in [1.29, 1.82) is 0 Å². The van der Waals surface area contributed by atoms with Crippen molar-refractivity contribution >= 4 is 34.4 Å². The van der Waals surface area contributed by atoms with E-state index in [-0.39, 0.29) is 43.4 Å². The molecule has 1 radical (unpaired) electrons. The Morgan fingerprint density at radius 3 is 1.00 bits per heavy atom. The Bertz CT molecular complexity index is 1540. The molecule has 2 aromatic carbocycles. The third kappa shape index (κ3) is 10.9. The second-order valence-corrected chi connectivity index (χ2v) is 17.3. The van der Waals surface area contributed by atoms with Gasteiger partial charge in [-0.2, -0.15) is 0 Å². The molecule has 0 aliphatic heterocycles. The second kappa shape index (κ2) is 21.2. The van der Waals surface area contributed by atoms with Crippen LogP contribution in [0, 0.1) is 13.8 Å². The summed E-state index contributed by atoms with van der Waals surface area (Å²) in [5.74, 6) is 2.37. The average Bonchev–Trinajstić information content (AvgIpc) is 3.17. The van der Waals surface area contributed by atoms with Crippen molar-refractivity contribution in [2.45, 2.75) is 180 Å². The molecule has 0 bridgehead atoms. The Labute approximate surface area is 356 Å². The maximum atomic E-state index is 6.95. The summed E-state index contributed by atoms with van der Waals surface area (Å²) < 4.78 is 0. The van der Waals surface area contributed by atoms with Crippen molar-refractivity contribution in [3.63, 3.8) is 0 Å². The van der Waals surface area contributed by atoms with Crippen LogP contribution in [-0.2, 0) is 18.6 Å². The first kappa shape index (κ1) is 45.1. The molecule has 3 nitrogen and oxygen atoms in total. The maximum Gasteiger partial charge on any atom is 2.00 e. The van der Waals surface area contributed by atoms with Crippen LogP contribution >= 0.6 is 11.6 Å². The predicted molar refractivity (Wildman–Crippen MR) is 219 cm³/mol. The van der Waals surface area contributed by atoms with E-state index in [4.69, 9.17) is 26.6 Å². The predicted octanol–water partition coefficient (Wildman–Crippen LogP) is 8.83. The number of nitrogens with zero attached hydrogens (tertiary/aromatic N) is 3. The van der Waals surface area contributed by atoms with E-state index in [0.29, 0.717) is 28.7 Å². The first-order valence-corrected chi connectivity index (χ1v) is 21.3. The van der Waals surface area contributed by atoms with Crippen LogP contribution in [0.1, 0.15) is 211 Å². The van der Waals surface area contributed by atoms with Crippen LogP contribution in [0.4, 0.5) is 11.4 Å². The molecule has 0 atom stereocenters. The fourth-order valence-electron chi connectivity index (χ4n) is 10.1. The molecule has 291 valence electrons. The Morgan fingerprint density at radius 1 is 0.481 bits per heavy atom. The minimum atomic E-state index is 0. The quantitative estimate of drug-likeness (QED) is 0.210. The van der Waals surface area contributed by atoms with E-state index in [9.17, 15) is 0 Å². The molecule has 4 aliphatic rings. The van der Waals surface area contributed by atoms with Crippen LogP contribution in [0.15, 0.2) is 46.4 Å². The van der Waals surface area contributed by atoms with E-state index in [1.807, 2.05) is 12.1 Å². The molecule has 1 aromatic heterocycles. The van der Waals surface area contributed by atoms with E-state index >= 15 is 0 Å². The van der Waals surface area contributed by atoms with Crippen LogP contribution in [0.2, 0.25) is 5.02 Å². The molecular weight excluding hydrogens is 764 g/mol. The van der Waals surface area contributed by atoms with Crippen LogP contribution < -0.4 is 24.8 Å². The minimum absolute atomic E-state index is 0. The van der Waals surface area contributed by atoms with E-state index in [2.05, 4.69) is 52.0 Å². The number of benzene rings is 2. The third-order valence-corrected chi connectivity index (χ3v) is 13.1. The van der Waals surface area contributed by atoms with Gasteiger partial charge in [-0.1, -0.05) is 124 Å². The van der Waals surface area contributed by atoms with Crippen molar-refractivity contribution in [2.75, 3.05) is 0 Å². The summed E-state index contributed by atoms with van der Waals surface area (Å²) in [4.78, 5) is 16.4. The molecular formula is C47H62Cl3N3V. The molecule has 0 unspecified atom stereocenters. The number of halogens is 3. The Hall–Kier alpha value is -1.62. The second-order valence-electron chi connectivity index (χ2n) is 16.9. The zero-order valence-electron chi connectivity index (χ0n) is 33.3. The fourth-order valence-corrected chi connectivity index (χ4v) is 10.4. The van der Waals surface area contributed by atoms with E-state index < -0.39 is 0 Å². The number of hydrogen-bond donors (Lipinski definition) is 0.